The molecule has 0 aliphatic heterocycles. The summed E-state index contributed by atoms with van der Waals surface area (Å²) in [5.41, 5.74) is 2.06. The molecule has 0 spiro atoms. The Morgan fingerprint density at radius 3 is 2.47 bits per heavy atom. The molecule has 1 aliphatic rings. The summed E-state index contributed by atoms with van der Waals surface area (Å²) < 4.78 is 0. The van der Waals surface area contributed by atoms with Crippen molar-refractivity contribution in [3.63, 3.8) is 0 Å². The molecular weight excluding hydrogens is 238 g/mol. The van der Waals surface area contributed by atoms with Gasteiger partial charge in [-0.3, -0.25) is 4.79 Å². The fourth-order valence-electron chi connectivity index (χ4n) is 2.78. The molecule has 1 aromatic rings. The van der Waals surface area contributed by atoms with Crippen molar-refractivity contribution >= 4 is 5.91 Å². The fraction of sp³-hybridized carbons (Fsp3) is 0.562. The van der Waals surface area contributed by atoms with Crippen molar-refractivity contribution < 1.29 is 9.90 Å². The van der Waals surface area contributed by atoms with Gasteiger partial charge >= 0.3 is 0 Å². The molecule has 3 heteroatoms. The quantitative estimate of drug-likeness (QED) is 0.875. The highest BCUT2D eigenvalue weighted by Crippen LogP contribution is 2.34. The van der Waals surface area contributed by atoms with Crippen LogP contribution in [-0.2, 0) is 11.3 Å². The van der Waals surface area contributed by atoms with Crippen LogP contribution in [0, 0.1) is 5.92 Å². The number of aliphatic hydroxyl groups is 1. The van der Waals surface area contributed by atoms with Crippen molar-refractivity contribution in [2.45, 2.75) is 51.7 Å². The summed E-state index contributed by atoms with van der Waals surface area (Å²) in [4.78, 5) is 10.8. The number of nitrogens with one attached hydrogen (secondary N) is 1. The van der Waals surface area contributed by atoms with Crippen molar-refractivity contribution in [3.8, 4) is 0 Å². The molecule has 3 nitrogen and oxygen atoms in total. The van der Waals surface area contributed by atoms with Gasteiger partial charge in [0.15, 0.2) is 0 Å². The van der Waals surface area contributed by atoms with Gasteiger partial charge in [-0.15, -0.1) is 0 Å². The molecule has 1 atom stereocenters. The molecule has 1 amide bonds. The molecular formula is C16H23NO2. The summed E-state index contributed by atoms with van der Waals surface area (Å²) in [5.74, 6) is 0.390. The SMILES string of the molecule is CC(=O)NCc1ccc(C(O)C2CCCCC2)cc1. The molecule has 2 N–H and O–H groups in total. The van der Waals surface area contributed by atoms with E-state index in [1.54, 1.807) is 0 Å². The van der Waals surface area contributed by atoms with Gasteiger partial charge in [-0.2, -0.15) is 0 Å². The minimum atomic E-state index is -0.338. The monoisotopic (exact) mass is 261 g/mol. The molecule has 0 saturated heterocycles. The highest BCUT2D eigenvalue weighted by Gasteiger charge is 2.22. The van der Waals surface area contributed by atoms with Gasteiger partial charge in [-0.25, -0.2) is 0 Å². The van der Waals surface area contributed by atoms with Gasteiger partial charge in [0.1, 0.15) is 0 Å². The molecule has 1 fully saturated rings. The number of amides is 1. The summed E-state index contributed by atoms with van der Waals surface area (Å²) in [6.07, 6.45) is 5.71. The molecule has 104 valence electrons. The maximum Gasteiger partial charge on any atom is 0.217 e. The molecule has 1 aromatic carbocycles. The standard InChI is InChI=1S/C16H23NO2/c1-12(18)17-11-13-7-9-15(10-8-13)16(19)14-5-3-2-4-6-14/h7-10,14,16,19H,2-6,11H2,1H3,(H,17,18). The third-order valence-electron chi connectivity index (χ3n) is 3.96. The van der Waals surface area contributed by atoms with Crippen LogP contribution in [-0.4, -0.2) is 11.0 Å². The maximum absolute atomic E-state index is 10.8. The number of carbonyl (C=O) groups excluding carboxylic acids is 1. The Labute approximate surface area is 115 Å². The van der Waals surface area contributed by atoms with Crippen molar-refractivity contribution in [2.75, 3.05) is 0 Å². The molecule has 1 unspecified atom stereocenters. The van der Waals surface area contributed by atoms with E-state index in [0.29, 0.717) is 12.5 Å². The first kappa shape index (κ1) is 14.1. The van der Waals surface area contributed by atoms with Crippen LogP contribution in [0.3, 0.4) is 0 Å². The molecule has 0 bridgehead atoms. The van der Waals surface area contributed by atoms with Crippen molar-refractivity contribution in [1.29, 1.82) is 0 Å². The van der Waals surface area contributed by atoms with E-state index in [0.717, 1.165) is 24.0 Å². The average molecular weight is 261 g/mol. The highest BCUT2D eigenvalue weighted by molar-refractivity contribution is 5.72. The van der Waals surface area contributed by atoms with Gasteiger partial charge in [-0.05, 0) is 29.9 Å². The molecule has 1 aliphatic carbocycles. The Morgan fingerprint density at radius 1 is 1.26 bits per heavy atom. The fourth-order valence-corrected chi connectivity index (χ4v) is 2.78. The predicted octanol–water partition coefficient (Wildman–Crippen LogP) is 2.94. The zero-order valence-electron chi connectivity index (χ0n) is 11.6. The Hall–Kier alpha value is -1.35. The van der Waals surface area contributed by atoms with Gasteiger partial charge in [-0.1, -0.05) is 43.5 Å². The predicted molar refractivity (Wildman–Crippen MR) is 75.5 cm³/mol. The van der Waals surface area contributed by atoms with Gasteiger partial charge in [0, 0.05) is 13.5 Å². The highest BCUT2D eigenvalue weighted by atomic mass is 16.3. The normalized spacial score (nSPS) is 18.0. The lowest BCUT2D eigenvalue weighted by Crippen LogP contribution is -2.19. The second-order valence-electron chi connectivity index (χ2n) is 5.49. The first-order valence-corrected chi connectivity index (χ1v) is 7.18. The van der Waals surface area contributed by atoms with Crippen molar-refractivity contribution in [3.05, 3.63) is 35.4 Å². The molecule has 2 rings (SSSR count). The Bertz CT molecular complexity index is 407. The lowest BCUT2D eigenvalue weighted by Gasteiger charge is -2.26. The van der Waals surface area contributed by atoms with E-state index in [2.05, 4.69) is 5.32 Å². The van der Waals surface area contributed by atoms with E-state index in [1.165, 1.54) is 26.2 Å². The first-order chi connectivity index (χ1) is 9.16. The minimum Gasteiger partial charge on any atom is -0.388 e. The van der Waals surface area contributed by atoms with E-state index in [1.807, 2.05) is 24.3 Å². The number of benzene rings is 1. The van der Waals surface area contributed by atoms with Crippen LogP contribution in [0.2, 0.25) is 0 Å². The van der Waals surface area contributed by atoms with Gasteiger partial charge in [0.05, 0.1) is 6.10 Å². The van der Waals surface area contributed by atoms with Crippen LogP contribution in [0.1, 0.15) is 56.3 Å². The third kappa shape index (κ3) is 4.06. The van der Waals surface area contributed by atoms with Crippen molar-refractivity contribution in [2.24, 2.45) is 5.92 Å². The summed E-state index contributed by atoms with van der Waals surface area (Å²) in [5, 5.41) is 13.2. The summed E-state index contributed by atoms with van der Waals surface area (Å²) in [7, 11) is 0. The lowest BCUT2D eigenvalue weighted by atomic mass is 9.82. The number of carbonyl (C=O) groups is 1. The Balaban J connectivity index is 1.94. The zero-order valence-corrected chi connectivity index (χ0v) is 11.6. The Morgan fingerprint density at radius 2 is 1.89 bits per heavy atom. The maximum atomic E-state index is 10.8. The van der Waals surface area contributed by atoms with Crippen LogP contribution in [0.5, 0.6) is 0 Å². The van der Waals surface area contributed by atoms with Crippen LogP contribution >= 0.6 is 0 Å². The van der Waals surface area contributed by atoms with Gasteiger partial charge in [0.25, 0.3) is 0 Å². The number of hydrogen-bond acceptors (Lipinski definition) is 2. The van der Waals surface area contributed by atoms with E-state index in [4.69, 9.17) is 0 Å². The largest absolute Gasteiger partial charge is 0.388 e. The van der Waals surface area contributed by atoms with E-state index in [9.17, 15) is 9.90 Å². The number of rotatable bonds is 4. The number of hydrogen-bond donors (Lipinski definition) is 2. The van der Waals surface area contributed by atoms with Crippen LogP contribution < -0.4 is 5.32 Å². The van der Waals surface area contributed by atoms with Crippen LogP contribution in [0.15, 0.2) is 24.3 Å². The molecule has 19 heavy (non-hydrogen) atoms. The average Bonchev–Trinajstić information content (AvgIpc) is 2.46. The second-order valence-corrected chi connectivity index (χ2v) is 5.49. The smallest absolute Gasteiger partial charge is 0.217 e. The van der Waals surface area contributed by atoms with E-state index in [-0.39, 0.29) is 12.0 Å². The van der Waals surface area contributed by atoms with Crippen molar-refractivity contribution in [1.82, 2.24) is 5.32 Å². The molecule has 0 heterocycles. The molecule has 1 saturated carbocycles. The lowest BCUT2D eigenvalue weighted by molar-refractivity contribution is -0.119. The van der Waals surface area contributed by atoms with Gasteiger partial charge in [0.2, 0.25) is 5.91 Å². The second kappa shape index (κ2) is 6.71. The van der Waals surface area contributed by atoms with E-state index < -0.39 is 0 Å². The van der Waals surface area contributed by atoms with E-state index >= 15 is 0 Å². The summed E-state index contributed by atoms with van der Waals surface area (Å²) >= 11 is 0. The van der Waals surface area contributed by atoms with Crippen LogP contribution in [0.25, 0.3) is 0 Å². The first-order valence-electron chi connectivity index (χ1n) is 7.18. The summed E-state index contributed by atoms with van der Waals surface area (Å²) in [6.45, 7) is 2.07. The van der Waals surface area contributed by atoms with Crippen LogP contribution in [0.4, 0.5) is 0 Å². The minimum absolute atomic E-state index is 0.0219. The molecule has 0 aromatic heterocycles. The summed E-state index contributed by atoms with van der Waals surface area (Å²) in [6, 6.07) is 7.93. The third-order valence-corrected chi connectivity index (χ3v) is 3.96. The Kier molecular flexibility index (Phi) is 4.97. The zero-order chi connectivity index (χ0) is 13.7. The van der Waals surface area contributed by atoms with Gasteiger partial charge < -0.3 is 10.4 Å². The topological polar surface area (TPSA) is 49.3 Å². The molecule has 0 radical (unpaired) electrons. The number of aliphatic hydroxyl groups excluding tert-OH is 1.